The van der Waals surface area contributed by atoms with E-state index in [-0.39, 0.29) is 11.4 Å². The Morgan fingerprint density at radius 2 is 1.69 bits per heavy atom. The number of nitrogens with two attached hydrogens (primary N) is 1. The first kappa shape index (κ1) is 24.0. The zero-order chi connectivity index (χ0) is 24.8. The molecule has 0 unspecified atom stereocenters. The van der Waals surface area contributed by atoms with Crippen LogP contribution in [-0.4, -0.2) is 71.6 Å². The van der Waals surface area contributed by atoms with E-state index in [1.807, 2.05) is 0 Å². The van der Waals surface area contributed by atoms with Gasteiger partial charge in [-0.05, 0) is 48.5 Å². The maximum absolute atomic E-state index is 13.1. The van der Waals surface area contributed by atoms with E-state index < -0.39 is 23.5 Å². The van der Waals surface area contributed by atoms with Crippen LogP contribution in [0.1, 0.15) is 31.3 Å². The van der Waals surface area contributed by atoms with E-state index in [1.165, 1.54) is 35.2 Å². The molecule has 182 valence electrons. The van der Waals surface area contributed by atoms with Crippen molar-refractivity contribution in [2.45, 2.75) is 0 Å². The molecular formula is C24H25FN6O4. The lowest BCUT2D eigenvalue weighted by atomic mass is 10.2. The Balaban J connectivity index is 1.46. The normalized spacial score (nSPS) is 13.9. The Labute approximate surface area is 200 Å². The summed E-state index contributed by atoms with van der Waals surface area (Å²) in [5.41, 5.74) is 6.69. The van der Waals surface area contributed by atoms with Gasteiger partial charge < -0.3 is 21.1 Å². The molecule has 0 radical (unpaired) electrons. The number of amides is 3. The molecule has 3 amide bonds. The highest BCUT2D eigenvalue weighted by atomic mass is 19.1. The molecule has 1 fully saturated rings. The molecule has 2 heterocycles. The Hall–Kier alpha value is -4.09. The number of imidazole rings is 1. The number of rotatable bonds is 8. The summed E-state index contributed by atoms with van der Waals surface area (Å²) in [5, 5.41) is 5.55. The molecule has 3 aromatic rings. The standard InChI is InChI=1S/C24H25FN6O4/c25-17-3-1-16(2-4-17)23(33)29-18-5-7-19(8-6-18)31-15-28-20(22(26)32)21(31)24(34)27-9-10-30-11-13-35-14-12-30/h1-8,15H,9-14H2,(H2,26,32)(H,27,34)(H,29,33). The fourth-order valence-corrected chi connectivity index (χ4v) is 3.69. The van der Waals surface area contributed by atoms with E-state index >= 15 is 0 Å². The number of hydrogen-bond donors (Lipinski definition) is 3. The summed E-state index contributed by atoms with van der Waals surface area (Å²) in [4.78, 5) is 43.4. The van der Waals surface area contributed by atoms with Gasteiger partial charge in [0.15, 0.2) is 5.69 Å². The summed E-state index contributed by atoms with van der Waals surface area (Å²) in [6, 6.07) is 11.8. The van der Waals surface area contributed by atoms with Crippen molar-refractivity contribution >= 4 is 23.4 Å². The Bertz CT molecular complexity index is 1200. The van der Waals surface area contributed by atoms with Crippen molar-refractivity contribution in [2.75, 3.05) is 44.7 Å². The van der Waals surface area contributed by atoms with Gasteiger partial charge in [-0.1, -0.05) is 0 Å². The van der Waals surface area contributed by atoms with E-state index in [0.29, 0.717) is 43.2 Å². The molecule has 4 N–H and O–H groups in total. The van der Waals surface area contributed by atoms with Crippen molar-refractivity contribution in [3.8, 4) is 5.69 Å². The number of primary amides is 1. The number of benzene rings is 2. The highest BCUT2D eigenvalue weighted by molar-refractivity contribution is 6.05. The van der Waals surface area contributed by atoms with Gasteiger partial charge in [-0.25, -0.2) is 9.37 Å². The molecule has 10 nitrogen and oxygen atoms in total. The first-order valence-electron chi connectivity index (χ1n) is 11.0. The summed E-state index contributed by atoms with van der Waals surface area (Å²) in [6.07, 6.45) is 1.35. The number of nitrogens with zero attached hydrogens (tertiary/aromatic N) is 3. The Morgan fingerprint density at radius 3 is 2.34 bits per heavy atom. The lowest BCUT2D eigenvalue weighted by Gasteiger charge is -2.26. The number of aromatic nitrogens is 2. The fraction of sp³-hybridized carbons (Fsp3) is 0.250. The molecule has 11 heteroatoms. The summed E-state index contributed by atoms with van der Waals surface area (Å²) < 4.78 is 19.9. The van der Waals surface area contributed by atoms with E-state index in [2.05, 4.69) is 20.5 Å². The van der Waals surface area contributed by atoms with Gasteiger partial charge in [-0.3, -0.25) is 23.9 Å². The van der Waals surface area contributed by atoms with Crippen molar-refractivity contribution in [1.82, 2.24) is 19.8 Å². The topological polar surface area (TPSA) is 132 Å². The molecule has 0 bridgehead atoms. The highest BCUT2D eigenvalue weighted by Gasteiger charge is 2.23. The number of carbonyl (C=O) groups excluding carboxylic acids is 3. The molecule has 1 aliphatic heterocycles. The minimum atomic E-state index is -0.815. The van der Waals surface area contributed by atoms with Crippen LogP contribution < -0.4 is 16.4 Å². The predicted octanol–water partition coefficient (Wildman–Crippen LogP) is 1.42. The zero-order valence-corrected chi connectivity index (χ0v) is 18.9. The number of nitrogens with one attached hydrogen (secondary N) is 2. The molecule has 4 rings (SSSR count). The lowest BCUT2D eigenvalue weighted by Crippen LogP contribution is -2.41. The van der Waals surface area contributed by atoms with Crippen molar-refractivity contribution in [3.05, 3.63) is 77.6 Å². The van der Waals surface area contributed by atoms with Crippen molar-refractivity contribution in [2.24, 2.45) is 5.73 Å². The predicted molar refractivity (Wildman–Crippen MR) is 126 cm³/mol. The van der Waals surface area contributed by atoms with Crippen LogP contribution in [0.2, 0.25) is 0 Å². The molecule has 0 saturated carbocycles. The summed E-state index contributed by atoms with van der Waals surface area (Å²) in [6.45, 7) is 3.95. The van der Waals surface area contributed by atoms with Crippen molar-refractivity contribution in [3.63, 3.8) is 0 Å². The third-order valence-electron chi connectivity index (χ3n) is 5.54. The second-order valence-corrected chi connectivity index (χ2v) is 7.89. The minimum Gasteiger partial charge on any atom is -0.379 e. The van der Waals surface area contributed by atoms with Crippen LogP contribution >= 0.6 is 0 Å². The number of morpholine rings is 1. The Kier molecular flexibility index (Phi) is 7.48. The monoisotopic (exact) mass is 480 g/mol. The SMILES string of the molecule is NC(=O)c1ncn(-c2ccc(NC(=O)c3ccc(F)cc3)cc2)c1C(=O)NCCN1CCOCC1. The maximum atomic E-state index is 13.1. The molecule has 0 spiro atoms. The average molecular weight is 481 g/mol. The summed E-state index contributed by atoms with van der Waals surface area (Å²) >= 11 is 0. The van der Waals surface area contributed by atoms with Crippen LogP contribution in [0.25, 0.3) is 5.69 Å². The molecule has 35 heavy (non-hydrogen) atoms. The molecule has 1 aliphatic rings. The van der Waals surface area contributed by atoms with Crippen LogP contribution in [0, 0.1) is 5.82 Å². The average Bonchev–Trinajstić information content (AvgIpc) is 3.31. The second kappa shape index (κ2) is 10.9. The summed E-state index contributed by atoms with van der Waals surface area (Å²) in [7, 11) is 0. The van der Waals surface area contributed by atoms with Gasteiger partial charge in [0.25, 0.3) is 17.7 Å². The first-order chi connectivity index (χ1) is 16.9. The largest absolute Gasteiger partial charge is 0.379 e. The van der Waals surface area contributed by atoms with Crippen molar-refractivity contribution in [1.29, 1.82) is 0 Å². The van der Waals surface area contributed by atoms with Crippen molar-refractivity contribution < 1.29 is 23.5 Å². The van der Waals surface area contributed by atoms with Gasteiger partial charge in [0.05, 0.1) is 13.2 Å². The van der Waals surface area contributed by atoms with Gasteiger partial charge >= 0.3 is 0 Å². The molecular weight excluding hydrogens is 455 g/mol. The maximum Gasteiger partial charge on any atom is 0.270 e. The third-order valence-corrected chi connectivity index (χ3v) is 5.54. The second-order valence-electron chi connectivity index (χ2n) is 7.89. The molecule has 2 aromatic carbocycles. The summed E-state index contributed by atoms with van der Waals surface area (Å²) in [5.74, 6) is -2.11. The molecule has 0 aliphatic carbocycles. The van der Waals surface area contributed by atoms with E-state index in [1.54, 1.807) is 24.3 Å². The van der Waals surface area contributed by atoms with Crippen LogP contribution in [0.3, 0.4) is 0 Å². The molecule has 0 atom stereocenters. The van der Waals surface area contributed by atoms with Gasteiger partial charge in [0.1, 0.15) is 17.8 Å². The zero-order valence-electron chi connectivity index (χ0n) is 18.9. The number of carbonyl (C=O) groups is 3. The van der Waals surface area contributed by atoms with E-state index in [0.717, 1.165) is 13.1 Å². The fourth-order valence-electron chi connectivity index (χ4n) is 3.69. The van der Waals surface area contributed by atoms with Gasteiger partial charge in [0, 0.05) is 43.1 Å². The highest BCUT2D eigenvalue weighted by Crippen LogP contribution is 2.19. The van der Waals surface area contributed by atoms with Gasteiger partial charge in [-0.2, -0.15) is 0 Å². The third kappa shape index (κ3) is 5.89. The number of halogens is 1. The molecule has 1 saturated heterocycles. The number of anilines is 1. The van der Waals surface area contributed by atoms with Crippen LogP contribution in [0.15, 0.2) is 54.9 Å². The van der Waals surface area contributed by atoms with Crippen LogP contribution in [-0.2, 0) is 4.74 Å². The number of hydrogen-bond acceptors (Lipinski definition) is 6. The Morgan fingerprint density at radius 1 is 1.00 bits per heavy atom. The number of ether oxygens (including phenoxy) is 1. The lowest BCUT2D eigenvalue weighted by molar-refractivity contribution is 0.0383. The van der Waals surface area contributed by atoms with Crippen LogP contribution in [0.4, 0.5) is 10.1 Å². The van der Waals surface area contributed by atoms with Crippen LogP contribution in [0.5, 0.6) is 0 Å². The smallest absolute Gasteiger partial charge is 0.270 e. The van der Waals surface area contributed by atoms with Gasteiger partial charge in [0.2, 0.25) is 0 Å². The van der Waals surface area contributed by atoms with Gasteiger partial charge in [-0.15, -0.1) is 0 Å². The quantitative estimate of drug-likeness (QED) is 0.447. The van der Waals surface area contributed by atoms with E-state index in [4.69, 9.17) is 10.5 Å². The molecule has 1 aromatic heterocycles. The first-order valence-corrected chi connectivity index (χ1v) is 11.0. The van der Waals surface area contributed by atoms with E-state index in [9.17, 15) is 18.8 Å². The minimum absolute atomic E-state index is 0.0302.